The van der Waals surface area contributed by atoms with Gasteiger partial charge in [0, 0.05) is 37.8 Å². The average molecular weight is 572 g/mol. The highest BCUT2D eigenvalue weighted by atomic mass is 127. The number of hydrogen-bond donors (Lipinski definition) is 2. The van der Waals surface area contributed by atoms with Gasteiger partial charge in [0.2, 0.25) is 0 Å². The van der Waals surface area contributed by atoms with Crippen molar-refractivity contribution in [1.29, 1.82) is 0 Å². The molecule has 0 spiro atoms. The minimum atomic E-state index is -0.231. The van der Waals surface area contributed by atoms with Crippen molar-refractivity contribution in [3.05, 3.63) is 59.4 Å². The third-order valence-corrected chi connectivity index (χ3v) is 5.45. The molecule has 1 aliphatic heterocycles. The van der Waals surface area contributed by atoms with Crippen molar-refractivity contribution < 1.29 is 18.6 Å². The summed E-state index contributed by atoms with van der Waals surface area (Å²) in [5.74, 6) is 1.96. The van der Waals surface area contributed by atoms with Crippen LogP contribution in [-0.2, 0) is 11.3 Å². The fourth-order valence-electron chi connectivity index (χ4n) is 3.71. The van der Waals surface area contributed by atoms with Gasteiger partial charge in [-0.2, -0.15) is 0 Å². The van der Waals surface area contributed by atoms with E-state index in [0.29, 0.717) is 32.3 Å². The maximum atomic E-state index is 13.5. The van der Waals surface area contributed by atoms with Gasteiger partial charge in [-0.15, -0.1) is 24.0 Å². The van der Waals surface area contributed by atoms with E-state index >= 15 is 0 Å². The number of nitrogens with one attached hydrogen (secondary N) is 2. The number of guanidine groups is 1. The molecule has 0 amide bonds. The van der Waals surface area contributed by atoms with Crippen molar-refractivity contribution in [2.24, 2.45) is 4.99 Å². The molecule has 7 nitrogen and oxygen atoms in total. The second kappa shape index (κ2) is 14.2. The average Bonchev–Trinajstić information content (AvgIpc) is 2.84. The normalized spacial score (nSPS) is 15.3. The lowest BCUT2D eigenvalue weighted by Crippen LogP contribution is -2.46. The third-order valence-electron chi connectivity index (χ3n) is 5.45. The second-order valence-corrected chi connectivity index (χ2v) is 7.47. The highest BCUT2D eigenvalue weighted by Gasteiger charge is 2.23. The van der Waals surface area contributed by atoms with E-state index in [4.69, 9.17) is 19.2 Å². The SMILES string of the molecule is CCNC(=NCc1ccc(OC)cc1OC)NCC(c1ccc(F)cc1)N1CCOCC1.I. The number of rotatable bonds is 9. The predicted molar refractivity (Wildman–Crippen MR) is 139 cm³/mol. The summed E-state index contributed by atoms with van der Waals surface area (Å²) in [5.41, 5.74) is 2.03. The van der Waals surface area contributed by atoms with Crippen molar-refractivity contribution in [3.63, 3.8) is 0 Å². The zero-order valence-electron chi connectivity index (χ0n) is 19.5. The Kier molecular flexibility index (Phi) is 11.7. The maximum Gasteiger partial charge on any atom is 0.191 e. The molecule has 33 heavy (non-hydrogen) atoms. The van der Waals surface area contributed by atoms with Crippen molar-refractivity contribution >= 4 is 29.9 Å². The number of benzene rings is 2. The van der Waals surface area contributed by atoms with Gasteiger partial charge in [0.25, 0.3) is 0 Å². The lowest BCUT2D eigenvalue weighted by Gasteiger charge is -2.35. The molecule has 0 aromatic heterocycles. The van der Waals surface area contributed by atoms with Gasteiger partial charge >= 0.3 is 0 Å². The van der Waals surface area contributed by atoms with Gasteiger partial charge in [-0.1, -0.05) is 12.1 Å². The number of hydrogen-bond acceptors (Lipinski definition) is 5. The second-order valence-electron chi connectivity index (χ2n) is 7.47. The molecule has 1 unspecified atom stereocenters. The molecule has 0 aliphatic carbocycles. The summed E-state index contributed by atoms with van der Waals surface area (Å²) in [4.78, 5) is 7.10. The van der Waals surface area contributed by atoms with Crippen LogP contribution in [-0.4, -0.2) is 64.5 Å². The molecule has 0 saturated carbocycles. The van der Waals surface area contributed by atoms with E-state index in [2.05, 4.69) is 15.5 Å². The van der Waals surface area contributed by atoms with Crippen LogP contribution in [0.1, 0.15) is 24.1 Å². The van der Waals surface area contributed by atoms with Gasteiger partial charge in [-0.3, -0.25) is 4.90 Å². The summed E-state index contributed by atoms with van der Waals surface area (Å²) < 4.78 is 29.8. The van der Waals surface area contributed by atoms with Gasteiger partial charge < -0.3 is 24.8 Å². The fourth-order valence-corrected chi connectivity index (χ4v) is 3.71. The largest absolute Gasteiger partial charge is 0.497 e. The van der Waals surface area contributed by atoms with E-state index < -0.39 is 0 Å². The first kappa shape index (κ1) is 27.1. The van der Waals surface area contributed by atoms with Crippen LogP contribution in [0.2, 0.25) is 0 Å². The van der Waals surface area contributed by atoms with Gasteiger partial charge in [-0.05, 0) is 36.8 Å². The summed E-state index contributed by atoms with van der Waals surface area (Å²) in [6.07, 6.45) is 0. The molecule has 2 aromatic rings. The number of nitrogens with zero attached hydrogens (tertiary/aromatic N) is 2. The van der Waals surface area contributed by atoms with Crippen LogP contribution in [0.5, 0.6) is 11.5 Å². The van der Waals surface area contributed by atoms with Crippen LogP contribution in [0.15, 0.2) is 47.5 Å². The maximum absolute atomic E-state index is 13.5. The Hall–Kier alpha value is -2.11. The zero-order chi connectivity index (χ0) is 22.8. The minimum absolute atomic E-state index is 0. The fraction of sp³-hybridized carbons (Fsp3) is 0.458. The van der Waals surface area contributed by atoms with Gasteiger partial charge in [0.05, 0.1) is 40.0 Å². The Morgan fingerprint density at radius 1 is 1.09 bits per heavy atom. The lowest BCUT2D eigenvalue weighted by molar-refractivity contribution is 0.0170. The Morgan fingerprint density at radius 3 is 2.45 bits per heavy atom. The molecule has 9 heteroatoms. The molecular weight excluding hydrogens is 538 g/mol. The minimum Gasteiger partial charge on any atom is -0.497 e. The molecule has 0 radical (unpaired) electrons. The first-order chi connectivity index (χ1) is 15.6. The van der Waals surface area contributed by atoms with Gasteiger partial charge in [0.1, 0.15) is 17.3 Å². The molecule has 1 heterocycles. The van der Waals surface area contributed by atoms with Crippen LogP contribution in [0.3, 0.4) is 0 Å². The van der Waals surface area contributed by atoms with Crippen LogP contribution in [0.4, 0.5) is 4.39 Å². The summed E-state index contributed by atoms with van der Waals surface area (Å²) in [6, 6.07) is 12.5. The molecule has 1 aliphatic rings. The van der Waals surface area contributed by atoms with Crippen LogP contribution < -0.4 is 20.1 Å². The molecular formula is C24H34FIN4O3. The Balaban J connectivity index is 0.00000385. The molecule has 182 valence electrons. The molecule has 2 aromatic carbocycles. The number of ether oxygens (including phenoxy) is 3. The molecule has 1 saturated heterocycles. The zero-order valence-corrected chi connectivity index (χ0v) is 21.8. The van der Waals surface area contributed by atoms with E-state index in [9.17, 15) is 4.39 Å². The van der Waals surface area contributed by atoms with E-state index in [1.807, 2.05) is 37.3 Å². The number of halogens is 2. The van der Waals surface area contributed by atoms with E-state index in [1.165, 1.54) is 12.1 Å². The summed E-state index contributed by atoms with van der Waals surface area (Å²) >= 11 is 0. The number of morpholine rings is 1. The van der Waals surface area contributed by atoms with Gasteiger partial charge in [0.15, 0.2) is 5.96 Å². The van der Waals surface area contributed by atoms with Crippen LogP contribution in [0, 0.1) is 5.82 Å². The standard InChI is InChI=1S/C24H33FN4O3.HI/c1-4-26-24(27-16-19-7-10-21(30-2)15-23(19)31-3)28-17-22(29-11-13-32-14-12-29)18-5-8-20(25)9-6-18;/h5-10,15,22H,4,11-14,16-17H2,1-3H3,(H2,26,27,28);1H. The van der Waals surface area contributed by atoms with Crippen molar-refractivity contribution in [3.8, 4) is 11.5 Å². The Bertz CT molecular complexity index is 877. The summed E-state index contributed by atoms with van der Waals surface area (Å²) in [7, 11) is 3.27. The quantitative estimate of drug-likeness (QED) is 0.272. The first-order valence-corrected chi connectivity index (χ1v) is 10.9. The number of aliphatic imine (C=N–C) groups is 1. The predicted octanol–water partition coefficient (Wildman–Crippen LogP) is 3.59. The van der Waals surface area contributed by atoms with E-state index in [1.54, 1.807) is 14.2 Å². The van der Waals surface area contributed by atoms with Crippen molar-refractivity contribution in [2.75, 3.05) is 53.6 Å². The monoisotopic (exact) mass is 572 g/mol. The van der Waals surface area contributed by atoms with Crippen molar-refractivity contribution in [2.45, 2.75) is 19.5 Å². The molecule has 0 bridgehead atoms. The molecule has 1 fully saturated rings. The van der Waals surface area contributed by atoms with E-state index in [-0.39, 0.29) is 35.8 Å². The molecule has 2 N–H and O–H groups in total. The highest BCUT2D eigenvalue weighted by molar-refractivity contribution is 14.0. The summed E-state index contributed by atoms with van der Waals surface area (Å²) in [5, 5.41) is 6.76. The molecule has 1 atom stereocenters. The molecule has 3 rings (SSSR count). The summed E-state index contributed by atoms with van der Waals surface area (Å²) in [6.45, 7) is 6.93. The van der Waals surface area contributed by atoms with Crippen LogP contribution >= 0.6 is 24.0 Å². The third kappa shape index (κ3) is 8.01. The lowest BCUT2D eigenvalue weighted by atomic mass is 10.0. The van der Waals surface area contributed by atoms with Crippen molar-refractivity contribution in [1.82, 2.24) is 15.5 Å². The first-order valence-electron chi connectivity index (χ1n) is 10.9. The van der Waals surface area contributed by atoms with Gasteiger partial charge in [-0.25, -0.2) is 9.38 Å². The smallest absolute Gasteiger partial charge is 0.191 e. The topological polar surface area (TPSA) is 67.4 Å². The number of methoxy groups -OCH3 is 2. The Labute approximate surface area is 212 Å². The van der Waals surface area contributed by atoms with Crippen LogP contribution in [0.25, 0.3) is 0 Å². The van der Waals surface area contributed by atoms with E-state index in [0.717, 1.165) is 42.3 Å². The highest BCUT2D eigenvalue weighted by Crippen LogP contribution is 2.25. The Morgan fingerprint density at radius 2 is 1.82 bits per heavy atom.